The number of rotatable bonds is 3. The van der Waals surface area contributed by atoms with Gasteiger partial charge < -0.3 is 4.42 Å². The van der Waals surface area contributed by atoms with E-state index in [0.29, 0.717) is 32.7 Å². The minimum absolute atomic E-state index is 0.0999. The van der Waals surface area contributed by atoms with Crippen LogP contribution in [0.4, 0.5) is 5.88 Å². The molecule has 0 aliphatic heterocycles. The lowest BCUT2D eigenvalue weighted by Gasteiger charge is -2.13. The fourth-order valence-corrected chi connectivity index (χ4v) is 3.35. The van der Waals surface area contributed by atoms with Gasteiger partial charge in [0, 0.05) is 0 Å². The fraction of sp³-hybridized carbons (Fsp3) is 0.0435. The van der Waals surface area contributed by atoms with E-state index in [1.165, 1.54) is 0 Å². The molecule has 1 heterocycles. The second-order valence-corrected chi connectivity index (χ2v) is 6.79. The summed E-state index contributed by atoms with van der Waals surface area (Å²) in [4.78, 5) is 26.0. The highest BCUT2D eigenvalue weighted by atomic mass is 35.5. The molecule has 28 heavy (non-hydrogen) atoms. The van der Waals surface area contributed by atoms with Gasteiger partial charge in [-0.25, -0.2) is 0 Å². The van der Waals surface area contributed by atoms with Crippen molar-refractivity contribution in [1.29, 1.82) is 0 Å². The number of carbonyl (C=O) groups excluding carboxylic acids is 1. The summed E-state index contributed by atoms with van der Waals surface area (Å²) in [5.41, 5.74) is 2.32. The Balaban J connectivity index is 1.94. The van der Waals surface area contributed by atoms with Crippen molar-refractivity contribution in [3.63, 3.8) is 0 Å². The van der Waals surface area contributed by atoms with Crippen molar-refractivity contribution >= 4 is 34.4 Å². The Labute approximate surface area is 166 Å². The van der Waals surface area contributed by atoms with Crippen molar-refractivity contribution in [2.45, 2.75) is 6.92 Å². The van der Waals surface area contributed by atoms with Gasteiger partial charge in [-0.1, -0.05) is 66.2 Å². The number of aryl methyl sites for hydroxylation is 1. The van der Waals surface area contributed by atoms with E-state index in [1.807, 2.05) is 37.3 Å². The minimum atomic E-state index is -0.445. The third-order valence-corrected chi connectivity index (χ3v) is 4.85. The first kappa shape index (κ1) is 18.0. The average Bonchev–Trinajstić information content (AvgIpc) is 2.70. The summed E-state index contributed by atoms with van der Waals surface area (Å²) in [5.74, 6) is -0.346. The summed E-state index contributed by atoms with van der Waals surface area (Å²) >= 11 is 6.14. The summed E-state index contributed by atoms with van der Waals surface area (Å²) in [6.45, 7) is 1.85. The Kier molecular flexibility index (Phi) is 4.72. The lowest BCUT2D eigenvalue weighted by atomic mass is 10.0. The van der Waals surface area contributed by atoms with Gasteiger partial charge in [0.2, 0.25) is 11.3 Å². The maximum atomic E-state index is 13.2. The quantitative estimate of drug-likeness (QED) is 0.490. The van der Waals surface area contributed by atoms with Gasteiger partial charge in [-0.15, -0.1) is 0 Å². The molecule has 0 fully saturated rings. The second kappa shape index (κ2) is 7.33. The highest BCUT2D eigenvalue weighted by Crippen LogP contribution is 2.30. The third kappa shape index (κ3) is 3.19. The van der Waals surface area contributed by atoms with Crippen LogP contribution in [0.2, 0.25) is 5.02 Å². The molecule has 1 N–H and O–H groups in total. The molecule has 0 saturated heterocycles. The second-order valence-electron chi connectivity index (χ2n) is 6.39. The summed E-state index contributed by atoms with van der Waals surface area (Å²) in [5, 5.41) is 3.52. The fourth-order valence-electron chi connectivity index (χ4n) is 3.13. The Morgan fingerprint density at radius 3 is 2.39 bits per heavy atom. The zero-order valence-corrected chi connectivity index (χ0v) is 15.8. The first-order valence-corrected chi connectivity index (χ1v) is 9.12. The average molecular weight is 390 g/mol. The molecular weight excluding hydrogens is 374 g/mol. The van der Waals surface area contributed by atoms with Crippen molar-refractivity contribution in [1.82, 2.24) is 0 Å². The number of nitrogens with one attached hydrogen (secondary N) is 1. The summed E-state index contributed by atoms with van der Waals surface area (Å²) in [6.07, 6.45) is 0. The van der Waals surface area contributed by atoms with E-state index < -0.39 is 5.91 Å². The van der Waals surface area contributed by atoms with Crippen LogP contribution in [0, 0.1) is 6.92 Å². The van der Waals surface area contributed by atoms with E-state index in [0.717, 1.165) is 5.56 Å². The Morgan fingerprint density at radius 1 is 0.929 bits per heavy atom. The number of hydrogen-bond donors (Lipinski definition) is 1. The van der Waals surface area contributed by atoms with Gasteiger partial charge in [0.25, 0.3) is 5.91 Å². The van der Waals surface area contributed by atoms with Gasteiger partial charge in [0.15, 0.2) is 0 Å². The van der Waals surface area contributed by atoms with E-state index in [1.54, 1.807) is 42.5 Å². The smallest absolute Gasteiger partial charge is 0.259 e. The lowest BCUT2D eigenvalue weighted by Crippen LogP contribution is -2.17. The first-order chi connectivity index (χ1) is 13.6. The van der Waals surface area contributed by atoms with Gasteiger partial charge in [-0.2, -0.15) is 0 Å². The molecule has 138 valence electrons. The van der Waals surface area contributed by atoms with Crippen LogP contribution in [-0.2, 0) is 0 Å². The summed E-state index contributed by atoms with van der Waals surface area (Å²) in [7, 11) is 0. The van der Waals surface area contributed by atoms with Gasteiger partial charge >= 0.3 is 0 Å². The topological polar surface area (TPSA) is 59.3 Å². The number of anilines is 1. The molecule has 4 nitrogen and oxygen atoms in total. The van der Waals surface area contributed by atoms with Crippen molar-refractivity contribution in [2.24, 2.45) is 0 Å². The Morgan fingerprint density at radius 2 is 1.64 bits per heavy atom. The Bertz CT molecular complexity index is 1250. The Hall–Kier alpha value is -3.37. The van der Waals surface area contributed by atoms with Crippen LogP contribution in [0.15, 0.2) is 82.0 Å². The van der Waals surface area contributed by atoms with Gasteiger partial charge in [-0.3, -0.25) is 14.9 Å². The number of fused-ring (bicyclic) bond motifs is 1. The van der Waals surface area contributed by atoms with Crippen LogP contribution in [0.1, 0.15) is 15.9 Å². The van der Waals surface area contributed by atoms with Crippen LogP contribution >= 0.6 is 11.6 Å². The standard InChI is InChI=1S/C23H16ClNO3/c1-14-8-7-12-17-20(26)19(15-9-3-2-4-10-15)23(28-21(14)17)25-22(27)16-11-5-6-13-18(16)24/h2-13H,1H3,(H,25,27). The molecule has 1 aromatic heterocycles. The largest absolute Gasteiger partial charge is 0.439 e. The van der Waals surface area contributed by atoms with Crippen LogP contribution < -0.4 is 10.7 Å². The maximum absolute atomic E-state index is 13.2. The van der Waals surface area contributed by atoms with Crippen molar-refractivity contribution < 1.29 is 9.21 Å². The molecule has 0 aliphatic carbocycles. The predicted octanol–water partition coefficient (Wildman–Crippen LogP) is 5.67. The van der Waals surface area contributed by atoms with E-state index in [-0.39, 0.29) is 11.3 Å². The van der Waals surface area contributed by atoms with Crippen molar-refractivity contribution in [2.75, 3.05) is 5.32 Å². The molecule has 0 spiro atoms. The molecule has 0 atom stereocenters. The van der Waals surface area contributed by atoms with E-state index in [4.69, 9.17) is 16.0 Å². The van der Waals surface area contributed by atoms with Crippen LogP contribution in [0.5, 0.6) is 0 Å². The highest BCUT2D eigenvalue weighted by Gasteiger charge is 2.20. The molecule has 0 bridgehead atoms. The normalized spacial score (nSPS) is 10.8. The van der Waals surface area contributed by atoms with E-state index >= 15 is 0 Å². The third-order valence-electron chi connectivity index (χ3n) is 4.52. The molecule has 4 rings (SSSR count). The number of amides is 1. The van der Waals surface area contributed by atoms with Crippen LogP contribution in [0.25, 0.3) is 22.1 Å². The number of hydrogen-bond acceptors (Lipinski definition) is 3. The first-order valence-electron chi connectivity index (χ1n) is 8.74. The van der Waals surface area contributed by atoms with Gasteiger partial charge in [0.1, 0.15) is 5.58 Å². The van der Waals surface area contributed by atoms with Crippen LogP contribution in [-0.4, -0.2) is 5.91 Å². The summed E-state index contributed by atoms with van der Waals surface area (Å²) < 4.78 is 6.02. The molecule has 0 saturated carbocycles. The highest BCUT2D eigenvalue weighted by molar-refractivity contribution is 6.34. The zero-order valence-electron chi connectivity index (χ0n) is 15.0. The van der Waals surface area contributed by atoms with E-state index in [9.17, 15) is 9.59 Å². The van der Waals surface area contributed by atoms with E-state index in [2.05, 4.69) is 5.32 Å². The molecular formula is C23H16ClNO3. The van der Waals surface area contributed by atoms with Crippen LogP contribution in [0.3, 0.4) is 0 Å². The maximum Gasteiger partial charge on any atom is 0.259 e. The predicted molar refractivity (Wildman–Crippen MR) is 112 cm³/mol. The zero-order chi connectivity index (χ0) is 19.7. The minimum Gasteiger partial charge on any atom is -0.439 e. The molecule has 0 radical (unpaired) electrons. The molecule has 4 aromatic rings. The monoisotopic (exact) mass is 389 g/mol. The molecule has 1 amide bonds. The molecule has 0 aliphatic rings. The SMILES string of the molecule is Cc1cccc2c(=O)c(-c3ccccc3)c(NC(=O)c3ccccc3Cl)oc12. The van der Waals surface area contributed by atoms with Crippen molar-refractivity contribution in [3.8, 4) is 11.1 Å². The molecule has 3 aromatic carbocycles. The molecule has 5 heteroatoms. The number of carbonyl (C=O) groups is 1. The summed E-state index contributed by atoms with van der Waals surface area (Å²) in [6, 6.07) is 21.2. The van der Waals surface area contributed by atoms with Gasteiger partial charge in [-0.05, 0) is 36.2 Å². The number of benzene rings is 3. The van der Waals surface area contributed by atoms with Crippen molar-refractivity contribution in [3.05, 3.63) is 99.2 Å². The molecule has 0 unspecified atom stereocenters. The lowest BCUT2D eigenvalue weighted by molar-refractivity contribution is 0.102. The van der Waals surface area contributed by atoms with Gasteiger partial charge in [0.05, 0.1) is 21.5 Å². The number of halogens is 1. The number of para-hydroxylation sites is 1.